The number of hydrogen-bond donors (Lipinski definition) is 2. The summed E-state index contributed by atoms with van der Waals surface area (Å²) < 4.78 is 51.2. The summed E-state index contributed by atoms with van der Waals surface area (Å²) >= 11 is 0. The molecular weight excluding hydrogens is 274 g/mol. The zero-order valence-electron chi connectivity index (χ0n) is 9.04. The largest absolute Gasteiger partial charge is 0.318 e. The molecule has 0 saturated heterocycles. The first-order chi connectivity index (χ1) is 7.47. The quantitative estimate of drug-likeness (QED) is 0.790. The number of halogens is 3. The molecule has 0 amide bonds. The van der Waals surface area contributed by atoms with E-state index >= 15 is 0 Å². The van der Waals surface area contributed by atoms with E-state index in [1.807, 2.05) is 0 Å². The first-order valence-corrected chi connectivity index (χ1v) is 6.05. The van der Waals surface area contributed by atoms with Gasteiger partial charge in [0.1, 0.15) is 16.5 Å². The lowest BCUT2D eigenvalue weighted by Crippen LogP contribution is -2.31. The van der Waals surface area contributed by atoms with Crippen molar-refractivity contribution < 1.29 is 17.2 Å². The highest BCUT2D eigenvalue weighted by Gasteiger charge is 2.18. The second-order valence-corrected chi connectivity index (χ2v) is 4.81. The van der Waals surface area contributed by atoms with Crippen molar-refractivity contribution in [3.63, 3.8) is 0 Å². The SMILES string of the molecule is CNCCNS(=O)(=O)c1cc(F)ccc1F.Cl. The van der Waals surface area contributed by atoms with Crippen LogP contribution in [0.15, 0.2) is 23.1 Å². The van der Waals surface area contributed by atoms with E-state index < -0.39 is 26.6 Å². The molecule has 1 aromatic carbocycles. The van der Waals surface area contributed by atoms with E-state index in [1.165, 1.54) is 0 Å². The summed E-state index contributed by atoms with van der Waals surface area (Å²) in [6.45, 7) is 0.505. The van der Waals surface area contributed by atoms with Crippen molar-refractivity contribution in [1.29, 1.82) is 0 Å². The maximum Gasteiger partial charge on any atom is 0.243 e. The lowest BCUT2D eigenvalue weighted by Gasteiger charge is -2.07. The molecule has 0 aliphatic heterocycles. The number of nitrogens with one attached hydrogen (secondary N) is 2. The highest BCUT2D eigenvalue weighted by Crippen LogP contribution is 2.15. The number of sulfonamides is 1. The Balaban J connectivity index is 0.00000256. The fraction of sp³-hybridized carbons (Fsp3) is 0.333. The Hall–Kier alpha value is -0.760. The summed E-state index contributed by atoms with van der Waals surface area (Å²) in [5.74, 6) is -1.77. The second kappa shape index (κ2) is 6.85. The molecule has 0 aliphatic rings. The Labute approximate surface area is 105 Å². The third kappa shape index (κ3) is 4.55. The molecule has 1 aromatic rings. The highest BCUT2D eigenvalue weighted by atomic mass is 35.5. The van der Waals surface area contributed by atoms with Gasteiger partial charge in [0.2, 0.25) is 10.0 Å². The predicted octanol–water partition coefficient (Wildman–Crippen LogP) is 0.884. The lowest BCUT2D eigenvalue weighted by atomic mass is 10.3. The van der Waals surface area contributed by atoms with Crippen molar-refractivity contribution >= 4 is 22.4 Å². The van der Waals surface area contributed by atoms with Crippen molar-refractivity contribution in [2.45, 2.75) is 4.90 Å². The van der Waals surface area contributed by atoms with Crippen molar-refractivity contribution in [3.05, 3.63) is 29.8 Å². The average molecular weight is 287 g/mol. The monoisotopic (exact) mass is 286 g/mol. The number of likely N-dealkylation sites (N-methyl/N-ethyl adjacent to an activating group) is 1. The summed E-state index contributed by atoms with van der Waals surface area (Å²) in [7, 11) is -2.34. The molecule has 0 radical (unpaired) electrons. The first kappa shape index (κ1) is 16.2. The summed E-state index contributed by atoms with van der Waals surface area (Å²) in [5.41, 5.74) is 0. The van der Waals surface area contributed by atoms with Crippen LogP contribution in [0.3, 0.4) is 0 Å². The van der Waals surface area contributed by atoms with Crippen LogP contribution in [0.1, 0.15) is 0 Å². The van der Waals surface area contributed by atoms with E-state index in [0.717, 1.165) is 12.1 Å². The molecule has 0 spiro atoms. The van der Waals surface area contributed by atoms with E-state index in [9.17, 15) is 17.2 Å². The Morgan fingerprint density at radius 1 is 1.24 bits per heavy atom. The fourth-order valence-corrected chi connectivity index (χ4v) is 2.19. The van der Waals surface area contributed by atoms with Gasteiger partial charge >= 0.3 is 0 Å². The van der Waals surface area contributed by atoms with Crippen LogP contribution in [0.4, 0.5) is 8.78 Å². The van der Waals surface area contributed by atoms with Gasteiger partial charge in [0.25, 0.3) is 0 Å². The van der Waals surface area contributed by atoms with Gasteiger partial charge in [-0.25, -0.2) is 21.9 Å². The minimum absolute atomic E-state index is 0. The van der Waals surface area contributed by atoms with Crippen LogP contribution in [0.2, 0.25) is 0 Å². The van der Waals surface area contributed by atoms with E-state index in [1.54, 1.807) is 7.05 Å². The summed E-state index contributed by atoms with van der Waals surface area (Å²) in [6.07, 6.45) is 0. The molecule has 0 aliphatic carbocycles. The van der Waals surface area contributed by atoms with Crippen LogP contribution in [-0.4, -0.2) is 28.6 Å². The Morgan fingerprint density at radius 3 is 2.47 bits per heavy atom. The van der Waals surface area contributed by atoms with Crippen LogP contribution >= 0.6 is 12.4 Å². The molecule has 0 fully saturated rings. The van der Waals surface area contributed by atoms with E-state index in [-0.39, 0.29) is 19.0 Å². The van der Waals surface area contributed by atoms with Crippen LogP contribution in [0.5, 0.6) is 0 Å². The van der Waals surface area contributed by atoms with Crippen LogP contribution in [0, 0.1) is 11.6 Å². The van der Waals surface area contributed by atoms with Gasteiger partial charge in [-0.15, -0.1) is 12.4 Å². The third-order valence-corrected chi connectivity index (χ3v) is 3.33. The van der Waals surface area contributed by atoms with Gasteiger partial charge in [0.05, 0.1) is 0 Å². The Kier molecular flexibility index (Phi) is 6.54. The Bertz CT molecular complexity index is 468. The number of benzene rings is 1. The molecule has 0 heterocycles. The number of hydrogen-bond acceptors (Lipinski definition) is 3. The molecule has 1 rings (SSSR count). The van der Waals surface area contributed by atoms with Gasteiger partial charge in [-0.05, 0) is 25.2 Å². The van der Waals surface area contributed by atoms with Gasteiger partial charge in [-0.2, -0.15) is 0 Å². The topological polar surface area (TPSA) is 58.2 Å². The van der Waals surface area contributed by atoms with Crippen molar-refractivity contribution in [1.82, 2.24) is 10.0 Å². The lowest BCUT2D eigenvalue weighted by molar-refractivity contribution is 0.545. The predicted molar refractivity (Wildman–Crippen MR) is 62.7 cm³/mol. The zero-order chi connectivity index (χ0) is 12.2. The van der Waals surface area contributed by atoms with E-state index in [2.05, 4.69) is 10.0 Å². The zero-order valence-corrected chi connectivity index (χ0v) is 10.7. The van der Waals surface area contributed by atoms with E-state index in [4.69, 9.17) is 0 Å². The first-order valence-electron chi connectivity index (χ1n) is 4.56. The van der Waals surface area contributed by atoms with Crippen molar-refractivity contribution in [2.75, 3.05) is 20.1 Å². The molecule has 0 aromatic heterocycles. The number of rotatable bonds is 5. The summed E-state index contributed by atoms with van der Waals surface area (Å²) in [6, 6.07) is 2.29. The maximum atomic E-state index is 13.2. The van der Waals surface area contributed by atoms with Crippen molar-refractivity contribution in [2.24, 2.45) is 0 Å². The van der Waals surface area contributed by atoms with Crippen molar-refractivity contribution in [3.8, 4) is 0 Å². The third-order valence-electron chi connectivity index (χ3n) is 1.85. The molecule has 8 heteroatoms. The maximum absolute atomic E-state index is 13.2. The molecule has 17 heavy (non-hydrogen) atoms. The molecule has 4 nitrogen and oxygen atoms in total. The van der Waals surface area contributed by atoms with Gasteiger partial charge in [-0.3, -0.25) is 0 Å². The molecule has 98 valence electrons. The smallest absolute Gasteiger partial charge is 0.243 e. The minimum Gasteiger partial charge on any atom is -0.318 e. The molecule has 2 N–H and O–H groups in total. The Morgan fingerprint density at radius 2 is 1.88 bits per heavy atom. The van der Waals surface area contributed by atoms with Crippen LogP contribution < -0.4 is 10.0 Å². The average Bonchev–Trinajstić information content (AvgIpc) is 2.22. The van der Waals surface area contributed by atoms with Crippen LogP contribution in [0.25, 0.3) is 0 Å². The molecule has 0 bridgehead atoms. The molecule has 0 atom stereocenters. The molecule has 0 saturated carbocycles. The standard InChI is InChI=1S/C9H12F2N2O2S.ClH/c1-12-4-5-13-16(14,15)9-6-7(10)2-3-8(9)11;/h2-3,6,12-13H,4-5H2,1H3;1H. The highest BCUT2D eigenvalue weighted by molar-refractivity contribution is 7.89. The summed E-state index contributed by atoms with van der Waals surface area (Å²) in [5, 5.41) is 2.72. The normalized spacial score (nSPS) is 11.0. The molecular formula is C9H13ClF2N2O2S. The van der Waals surface area contributed by atoms with Crippen LogP contribution in [-0.2, 0) is 10.0 Å². The second-order valence-electron chi connectivity index (χ2n) is 3.08. The summed E-state index contributed by atoms with van der Waals surface area (Å²) in [4.78, 5) is -0.677. The van der Waals surface area contributed by atoms with Gasteiger partial charge < -0.3 is 5.32 Å². The minimum atomic E-state index is -3.99. The fourth-order valence-electron chi connectivity index (χ4n) is 1.07. The van der Waals surface area contributed by atoms with Gasteiger partial charge in [-0.1, -0.05) is 0 Å². The molecule has 0 unspecified atom stereocenters. The van der Waals surface area contributed by atoms with Gasteiger partial charge in [0.15, 0.2) is 0 Å². The van der Waals surface area contributed by atoms with E-state index in [0.29, 0.717) is 12.6 Å². The van der Waals surface area contributed by atoms with Gasteiger partial charge in [0, 0.05) is 13.1 Å².